The van der Waals surface area contributed by atoms with Gasteiger partial charge in [-0.3, -0.25) is 9.78 Å². The third kappa shape index (κ3) is 6.45. The number of anilines is 1. The van der Waals surface area contributed by atoms with Gasteiger partial charge in [0.25, 0.3) is 5.91 Å². The molecule has 0 bridgehead atoms. The number of aromatic nitrogens is 1. The number of rotatable bonds is 9. The van der Waals surface area contributed by atoms with Crippen molar-refractivity contribution < 1.29 is 22.3 Å². The summed E-state index contributed by atoms with van der Waals surface area (Å²) in [5.41, 5.74) is 3.08. The number of fused-ring (bicyclic) bond motifs is 1. The molecule has 1 saturated carbocycles. The summed E-state index contributed by atoms with van der Waals surface area (Å²) in [6.07, 6.45) is 6.51. The molecule has 2 heterocycles. The summed E-state index contributed by atoms with van der Waals surface area (Å²) in [5.74, 6) is 0.486. The third-order valence-corrected chi connectivity index (χ3v) is 8.95. The molecule has 2 aromatic carbocycles. The van der Waals surface area contributed by atoms with Gasteiger partial charge in [-0.2, -0.15) is 0 Å². The number of carbonyl (C=O) groups excluding carboxylic acids is 1. The van der Waals surface area contributed by atoms with E-state index in [0.717, 1.165) is 34.4 Å². The van der Waals surface area contributed by atoms with Gasteiger partial charge in [-0.1, -0.05) is 18.9 Å². The molecule has 0 atom stereocenters. The van der Waals surface area contributed by atoms with Gasteiger partial charge >= 0.3 is 0 Å². The minimum Gasteiger partial charge on any atom is -0.493 e. The molecule has 196 valence electrons. The van der Waals surface area contributed by atoms with Gasteiger partial charge in [-0.15, -0.1) is 0 Å². The average molecular weight is 526 g/mol. The fraction of sp³-hybridized carbons (Fsp3) is 0.429. The lowest BCUT2D eigenvalue weighted by Gasteiger charge is -2.23. The smallest absolute Gasteiger partial charge is 0.258 e. The van der Waals surface area contributed by atoms with Gasteiger partial charge in [0, 0.05) is 35.9 Å². The van der Waals surface area contributed by atoms with Crippen LogP contribution in [0.4, 0.5) is 10.1 Å². The topological polar surface area (TPSA) is 97.4 Å². The van der Waals surface area contributed by atoms with Crippen LogP contribution in [0.1, 0.15) is 53.6 Å². The third-order valence-electron chi connectivity index (χ3n) is 7.24. The van der Waals surface area contributed by atoms with Crippen LogP contribution in [0.2, 0.25) is 0 Å². The van der Waals surface area contributed by atoms with E-state index in [4.69, 9.17) is 4.74 Å². The molecule has 1 amide bonds. The molecule has 9 heteroatoms. The minimum absolute atomic E-state index is 0.0427. The number of pyridine rings is 1. The molecule has 3 aromatic rings. The van der Waals surface area contributed by atoms with E-state index in [9.17, 15) is 17.6 Å². The van der Waals surface area contributed by atoms with Gasteiger partial charge in [0.1, 0.15) is 21.4 Å². The highest BCUT2D eigenvalue weighted by atomic mass is 32.2. The number of ether oxygens (including phenoxy) is 1. The summed E-state index contributed by atoms with van der Waals surface area (Å²) in [4.78, 5) is 17.4. The van der Waals surface area contributed by atoms with E-state index in [1.165, 1.54) is 25.0 Å². The Bertz CT molecular complexity index is 1410. The van der Waals surface area contributed by atoms with Crippen LogP contribution in [0.25, 0.3) is 10.9 Å². The van der Waals surface area contributed by atoms with Gasteiger partial charge in [0.05, 0.1) is 29.2 Å². The summed E-state index contributed by atoms with van der Waals surface area (Å²) in [7, 11) is -2.88. The molecule has 0 radical (unpaired) electrons. The molecule has 2 N–H and O–H groups in total. The van der Waals surface area contributed by atoms with Crippen molar-refractivity contribution in [2.45, 2.75) is 51.6 Å². The monoisotopic (exact) mass is 525 g/mol. The van der Waals surface area contributed by atoms with Crippen molar-refractivity contribution in [2.75, 3.05) is 23.4 Å². The van der Waals surface area contributed by atoms with Crippen LogP contribution < -0.4 is 15.4 Å². The summed E-state index contributed by atoms with van der Waals surface area (Å²) in [5, 5.41) is 7.18. The Morgan fingerprint density at radius 2 is 1.89 bits per heavy atom. The number of carbonyl (C=O) groups is 1. The Morgan fingerprint density at radius 3 is 2.62 bits per heavy atom. The van der Waals surface area contributed by atoms with Gasteiger partial charge in [0.15, 0.2) is 0 Å². The maximum atomic E-state index is 14.7. The summed E-state index contributed by atoms with van der Waals surface area (Å²) in [6, 6.07) is 10.2. The van der Waals surface area contributed by atoms with Crippen molar-refractivity contribution in [3.05, 3.63) is 65.1 Å². The Balaban J connectivity index is 1.21. The van der Waals surface area contributed by atoms with Gasteiger partial charge < -0.3 is 15.4 Å². The van der Waals surface area contributed by atoms with E-state index in [-0.39, 0.29) is 23.1 Å². The number of hydrogen-bond donors (Lipinski definition) is 2. The standard InChI is InChI=1S/C28H32FN3O4S/c1-18-26(32-28(33)24-6-5-23(15-25(24)29)36-11-8-19-2-3-19)7-4-21-14-20(17-31-27(18)21)16-30-22-9-12-37(34,35)13-10-22/h4-7,14-15,17,19,22,30H,2-3,8-13,16H2,1H3,(H,32,33). The largest absolute Gasteiger partial charge is 0.493 e. The van der Waals surface area contributed by atoms with E-state index in [0.29, 0.717) is 37.4 Å². The molecule has 7 nitrogen and oxygen atoms in total. The Morgan fingerprint density at radius 1 is 1.11 bits per heavy atom. The average Bonchev–Trinajstić information content (AvgIpc) is 3.69. The first-order chi connectivity index (χ1) is 17.8. The van der Waals surface area contributed by atoms with Crippen LogP contribution in [0.3, 0.4) is 0 Å². The van der Waals surface area contributed by atoms with E-state index in [1.54, 1.807) is 18.3 Å². The predicted octanol–water partition coefficient (Wildman–Crippen LogP) is 4.78. The van der Waals surface area contributed by atoms with Gasteiger partial charge in [-0.05, 0) is 67.5 Å². The highest BCUT2D eigenvalue weighted by molar-refractivity contribution is 7.91. The number of benzene rings is 2. The molecular weight excluding hydrogens is 493 g/mol. The predicted molar refractivity (Wildman–Crippen MR) is 142 cm³/mol. The summed E-state index contributed by atoms with van der Waals surface area (Å²) >= 11 is 0. The normalized spacial score (nSPS) is 17.6. The molecule has 2 fully saturated rings. The Hall–Kier alpha value is -3.04. The minimum atomic E-state index is -2.88. The molecule has 5 rings (SSSR count). The number of aryl methyl sites for hydroxylation is 1. The molecule has 37 heavy (non-hydrogen) atoms. The first kappa shape index (κ1) is 25.6. The van der Waals surface area contributed by atoms with Crippen molar-refractivity contribution in [1.29, 1.82) is 0 Å². The Labute approximate surface area is 216 Å². The van der Waals surface area contributed by atoms with Crippen molar-refractivity contribution in [1.82, 2.24) is 10.3 Å². The molecule has 1 aromatic heterocycles. The molecule has 1 aliphatic carbocycles. The maximum absolute atomic E-state index is 14.7. The second kappa shape index (κ2) is 10.8. The number of amides is 1. The number of nitrogens with one attached hydrogen (secondary N) is 2. The van der Waals surface area contributed by atoms with Crippen LogP contribution in [-0.4, -0.2) is 43.5 Å². The molecule has 1 aliphatic heterocycles. The van der Waals surface area contributed by atoms with Crippen molar-refractivity contribution in [3.8, 4) is 5.75 Å². The molecular formula is C28H32FN3O4S. The van der Waals surface area contributed by atoms with Gasteiger partial charge in [-0.25, -0.2) is 12.8 Å². The van der Waals surface area contributed by atoms with E-state index < -0.39 is 21.6 Å². The number of nitrogens with zero attached hydrogens (tertiary/aromatic N) is 1. The van der Waals surface area contributed by atoms with Crippen LogP contribution in [0, 0.1) is 18.7 Å². The second-order valence-corrected chi connectivity index (χ2v) is 12.4. The lowest BCUT2D eigenvalue weighted by molar-refractivity contribution is 0.102. The number of sulfone groups is 1. The van der Waals surface area contributed by atoms with E-state index in [2.05, 4.69) is 15.6 Å². The first-order valence-corrected chi connectivity index (χ1v) is 14.7. The lowest BCUT2D eigenvalue weighted by atomic mass is 10.1. The molecule has 0 unspecified atom stereocenters. The summed E-state index contributed by atoms with van der Waals surface area (Å²) < 4.78 is 43.5. The fourth-order valence-electron chi connectivity index (χ4n) is 4.69. The van der Waals surface area contributed by atoms with E-state index >= 15 is 0 Å². The van der Waals surface area contributed by atoms with Crippen molar-refractivity contribution in [2.24, 2.45) is 5.92 Å². The SMILES string of the molecule is Cc1c(NC(=O)c2ccc(OCCC3CC3)cc2F)ccc2cc(CNC3CCS(=O)(=O)CC3)cnc12. The number of hydrogen-bond acceptors (Lipinski definition) is 6. The zero-order chi connectivity index (χ0) is 26.0. The highest BCUT2D eigenvalue weighted by Crippen LogP contribution is 2.32. The van der Waals surface area contributed by atoms with Crippen molar-refractivity contribution >= 4 is 32.3 Å². The van der Waals surface area contributed by atoms with Crippen LogP contribution in [0.5, 0.6) is 5.75 Å². The molecule has 2 aliphatic rings. The zero-order valence-corrected chi connectivity index (χ0v) is 21.7. The van der Waals surface area contributed by atoms with Crippen LogP contribution >= 0.6 is 0 Å². The fourth-order valence-corrected chi connectivity index (χ4v) is 6.18. The van der Waals surface area contributed by atoms with Crippen LogP contribution in [0.15, 0.2) is 42.6 Å². The second-order valence-electron chi connectivity index (χ2n) is 10.1. The van der Waals surface area contributed by atoms with Crippen molar-refractivity contribution in [3.63, 3.8) is 0 Å². The van der Waals surface area contributed by atoms with E-state index in [1.807, 2.05) is 19.1 Å². The lowest BCUT2D eigenvalue weighted by Crippen LogP contribution is -2.37. The zero-order valence-electron chi connectivity index (χ0n) is 20.9. The molecule has 0 spiro atoms. The quantitative estimate of drug-likeness (QED) is 0.417. The highest BCUT2D eigenvalue weighted by Gasteiger charge is 2.23. The Kier molecular flexibility index (Phi) is 7.44. The number of halogens is 1. The summed E-state index contributed by atoms with van der Waals surface area (Å²) in [6.45, 7) is 3.03. The van der Waals surface area contributed by atoms with Crippen LogP contribution in [-0.2, 0) is 16.4 Å². The maximum Gasteiger partial charge on any atom is 0.258 e. The van der Waals surface area contributed by atoms with Gasteiger partial charge in [0.2, 0.25) is 0 Å². The first-order valence-electron chi connectivity index (χ1n) is 12.8. The molecule has 1 saturated heterocycles.